The topological polar surface area (TPSA) is 62.8 Å². The Kier molecular flexibility index (Phi) is 3.39. The maximum atomic E-state index is 5.64. The van der Waals surface area contributed by atoms with Crippen molar-refractivity contribution in [1.29, 1.82) is 0 Å². The monoisotopic (exact) mass is 294 g/mol. The first-order valence-corrected chi connectivity index (χ1v) is 7.63. The molecule has 5 heteroatoms. The number of hydrogen-bond donors (Lipinski definition) is 2. The van der Waals surface area contributed by atoms with Crippen molar-refractivity contribution in [3.63, 3.8) is 0 Å². The minimum Gasteiger partial charge on any atom is -0.477 e. The highest BCUT2D eigenvalue weighted by atomic mass is 16.5. The van der Waals surface area contributed by atoms with Crippen molar-refractivity contribution >= 4 is 17.0 Å². The lowest BCUT2D eigenvalue weighted by Gasteiger charge is -2.06. The van der Waals surface area contributed by atoms with Crippen LogP contribution >= 0.6 is 0 Å². The summed E-state index contributed by atoms with van der Waals surface area (Å²) < 4.78 is 5.64. The fraction of sp³-hybridized carbons (Fsp3) is 0.294. The van der Waals surface area contributed by atoms with Gasteiger partial charge in [-0.15, -0.1) is 0 Å². The predicted molar refractivity (Wildman–Crippen MR) is 85.9 cm³/mol. The number of para-hydroxylation sites is 2. The van der Waals surface area contributed by atoms with Gasteiger partial charge in [0.15, 0.2) is 0 Å². The predicted octanol–water partition coefficient (Wildman–Crippen LogP) is 3.36. The molecule has 112 valence electrons. The van der Waals surface area contributed by atoms with Crippen molar-refractivity contribution in [3.05, 3.63) is 48.2 Å². The first-order valence-electron chi connectivity index (χ1n) is 7.63. The van der Waals surface area contributed by atoms with Crippen LogP contribution in [0.3, 0.4) is 0 Å². The van der Waals surface area contributed by atoms with E-state index >= 15 is 0 Å². The number of benzene rings is 1. The number of ether oxygens (including phenoxy) is 1. The highest BCUT2D eigenvalue weighted by Crippen LogP contribution is 2.29. The molecule has 1 saturated carbocycles. The molecule has 0 saturated heterocycles. The van der Waals surface area contributed by atoms with Gasteiger partial charge in [-0.2, -0.15) is 0 Å². The van der Waals surface area contributed by atoms with Gasteiger partial charge in [0, 0.05) is 18.8 Å². The third-order valence-corrected chi connectivity index (χ3v) is 3.81. The third kappa shape index (κ3) is 3.03. The third-order valence-electron chi connectivity index (χ3n) is 3.81. The average Bonchev–Trinajstić information content (AvgIpc) is 3.29. The lowest BCUT2D eigenvalue weighted by Crippen LogP contribution is -2.03. The molecule has 0 radical (unpaired) electrons. The number of aromatic amines is 1. The molecule has 0 unspecified atom stereocenters. The van der Waals surface area contributed by atoms with E-state index in [2.05, 4.69) is 20.3 Å². The van der Waals surface area contributed by atoms with E-state index in [9.17, 15) is 0 Å². The molecule has 22 heavy (non-hydrogen) atoms. The molecule has 5 nitrogen and oxygen atoms in total. The van der Waals surface area contributed by atoms with Gasteiger partial charge in [-0.3, -0.25) is 0 Å². The van der Waals surface area contributed by atoms with E-state index in [0.717, 1.165) is 35.1 Å². The summed E-state index contributed by atoms with van der Waals surface area (Å²) in [5.74, 6) is 2.23. The molecule has 1 fully saturated rings. The second-order valence-electron chi connectivity index (χ2n) is 5.72. The summed E-state index contributed by atoms with van der Waals surface area (Å²) in [6, 6.07) is 11.9. The van der Waals surface area contributed by atoms with Crippen molar-refractivity contribution in [2.75, 3.05) is 11.9 Å². The minimum atomic E-state index is 0.676. The molecule has 0 atom stereocenters. The van der Waals surface area contributed by atoms with Gasteiger partial charge in [-0.1, -0.05) is 18.2 Å². The van der Waals surface area contributed by atoms with Crippen LogP contribution < -0.4 is 10.1 Å². The smallest absolute Gasteiger partial charge is 0.213 e. The molecule has 0 aliphatic heterocycles. The molecule has 2 aromatic heterocycles. The zero-order chi connectivity index (χ0) is 14.8. The summed E-state index contributed by atoms with van der Waals surface area (Å²) in [5.41, 5.74) is 3.10. The van der Waals surface area contributed by atoms with Crippen LogP contribution in [0.15, 0.2) is 42.6 Å². The van der Waals surface area contributed by atoms with E-state index < -0.39 is 0 Å². The quantitative estimate of drug-likeness (QED) is 0.731. The molecule has 2 heterocycles. The van der Waals surface area contributed by atoms with Crippen molar-refractivity contribution in [1.82, 2.24) is 15.0 Å². The van der Waals surface area contributed by atoms with E-state index in [1.807, 2.05) is 42.6 Å². The molecule has 1 aliphatic carbocycles. The van der Waals surface area contributed by atoms with Crippen LogP contribution in [0.2, 0.25) is 0 Å². The second-order valence-corrected chi connectivity index (χ2v) is 5.72. The van der Waals surface area contributed by atoms with Gasteiger partial charge in [0.1, 0.15) is 0 Å². The first kappa shape index (κ1) is 13.1. The number of nitrogens with one attached hydrogen (secondary N) is 2. The Hall–Kier alpha value is -2.56. The number of rotatable bonds is 6. The largest absolute Gasteiger partial charge is 0.477 e. The average molecular weight is 294 g/mol. The maximum absolute atomic E-state index is 5.64. The van der Waals surface area contributed by atoms with Crippen LogP contribution in [-0.4, -0.2) is 21.6 Å². The number of H-pyrrole nitrogens is 1. The van der Waals surface area contributed by atoms with Gasteiger partial charge in [-0.05, 0) is 36.5 Å². The molecule has 4 rings (SSSR count). The Bertz CT molecular complexity index is 729. The zero-order valence-electron chi connectivity index (χ0n) is 12.2. The summed E-state index contributed by atoms with van der Waals surface area (Å²) in [4.78, 5) is 12.1. The van der Waals surface area contributed by atoms with E-state index in [4.69, 9.17) is 4.74 Å². The number of hydrogen-bond acceptors (Lipinski definition) is 4. The number of pyridine rings is 1. The van der Waals surface area contributed by atoms with E-state index in [0.29, 0.717) is 12.4 Å². The standard InChI is InChI=1S/C17H18N4O/c1-2-4-15-14(3-1)20-17(21-15)19-10-13-7-8-16(18-9-13)22-11-12-5-6-12/h1-4,7-9,12H,5-6,10-11H2,(H2,19,20,21). The number of anilines is 1. The lowest BCUT2D eigenvalue weighted by molar-refractivity contribution is 0.288. The molecule has 1 aliphatic rings. The summed E-state index contributed by atoms with van der Waals surface area (Å²) in [5, 5.41) is 3.28. The van der Waals surface area contributed by atoms with Crippen LogP contribution in [0.1, 0.15) is 18.4 Å². The molecule has 0 bridgehead atoms. The van der Waals surface area contributed by atoms with Crippen molar-refractivity contribution < 1.29 is 4.74 Å². The lowest BCUT2D eigenvalue weighted by atomic mass is 10.3. The summed E-state index contributed by atoms with van der Waals surface area (Å²) in [6.45, 7) is 1.47. The van der Waals surface area contributed by atoms with Crippen LogP contribution in [0.4, 0.5) is 5.95 Å². The fourth-order valence-electron chi connectivity index (χ4n) is 2.31. The number of fused-ring (bicyclic) bond motifs is 1. The summed E-state index contributed by atoms with van der Waals surface area (Å²) in [7, 11) is 0. The Morgan fingerprint density at radius 1 is 1.18 bits per heavy atom. The Labute approximate surface area is 128 Å². The Balaban J connectivity index is 1.36. The molecular weight excluding hydrogens is 276 g/mol. The zero-order valence-corrected chi connectivity index (χ0v) is 12.2. The van der Waals surface area contributed by atoms with Crippen LogP contribution in [0.25, 0.3) is 11.0 Å². The van der Waals surface area contributed by atoms with Gasteiger partial charge in [0.05, 0.1) is 17.6 Å². The minimum absolute atomic E-state index is 0.676. The van der Waals surface area contributed by atoms with Gasteiger partial charge in [0.2, 0.25) is 11.8 Å². The van der Waals surface area contributed by atoms with Gasteiger partial charge >= 0.3 is 0 Å². The normalized spacial score (nSPS) is 14.2. The molecule has 1 aromatic carbocycles. The summed E-state index contributed by atoms with van der Waals surface area (Å²) >= 11 is 0. The maximum Gasteiger partial charge on any atom is 0.213 e. The highest BCUT2D eigenvalue weighted by Gasteiger charge is 2.21. The van der Waals surface area contributed by atoms with Crippen molar-refractivity contribution in [3.8, 4) is 5.88 Å². The van der Waals surface area contributed by atoms with Crippen LogP contribution in [0, 0.1) is 5.92 Å². The number of aromatic nitrogens is 3. The van der Waals surface area contributed by atoms with E-state index in [1.54, 1.807) is 0 Å². The Morgan fingerprint density at radius 2 is 2.09 bits per heavy atom. The van der Waals surface area contributed by atoms with E-state index in [1.165, 1.54) is 12.8 Å². The van der Waals surface area contributed by atoms with E-state index in [-0.39, 0.29) is 0 Å². The van der Waals surface area contributed by atoms with Gasteiger partial charge in [0.25, 0.3) is 0 Å². The molecule has 0 amide bonds. The highest BCUT2D eigenvalue weighted by molar-refractivity contribution is 5.77. The first-order chi connectivity index (χ1) is 10.9. The molecule has 0 spiro atoms. The van der Waals surface area contributed by atoms with Crippen molar-refractivity contribution in [2.24, 2.45) is 5.92 Å². The molecule has 3 aromatic rings. The fourth-order valence-corrected chi connectivity index (χ4v) is 2.31. The van der Waals surface area contributed by atoms with Crippen molar-refractivity contribution in [2.45, 2.75) is 19.4 Å². The molecule has 2 N–H and O–H groups in total. The number of imidazole rings is 1. The number of nitrogens with zero attached hydrogens (tertiary/aromatic N) is 2. The van der Waals surface area contributed by atoms with Crippen LogP contribution in [-0.2, 0) is 6.54 Å². The second kappa shape index (κ2) is 5.67. The summed E-state index contributed by atoms with van der Waals surface area (Å²) in [6.07, 6.45) is 4.43. The van der Waals surface area contributed by atoms with Gasteiger partial charge < -0.3 is 15.0 Å². The molecular formula is C17H18N4O. The van der Waals surface area contributed by atoms with Crippen LogP contribution in [0.5, 0.6) is 5.88 Å². The Morgan fingerprint density at radius 3 is 2.86 bits per heavy atom. The van der Waals surface area contributed by atoms with Gasteiger partial charge in [-0.25, -0.2) is 9.97 Å². The SMILES string of the molecule is c1ccc2[nH]c(NCc3ccc(OCC4CC4)nc3)nc2c1.